The number of ether oxygens (including phenoxy) is 1. The van der Waals surface area contributed by atoms with Crippen molar-refractivity contribution in [2.45, 2.75) is 31.4 Å². The highest BCUT2D eigenvalue weighted by atomic mass is 19.4. The number of carbonyl (C=O) groups is 2. The zero-order valence-corrected chi connectivity index (χ0v) is 15.5. The number of carbonyl (C=O) groups excluding carboxylic acids is 2. The monoisotopic (exact) mass is 430 g/mol. The SMILES string of the molecule is COc1nn(-c2ccc(C(F)(F)F)nc2)cc1CNC(=O)[C@@H]1[C@@H](F)CCN1C(=O)[O-]. The van der Waals surface area contributed by atoms with Crippen molar-refractivity contribution in [3.63, 3.8) is 0 Å². The van der Waals surface area contributed by atoms with Gasteiger partial charge in [0.2, 0.25) is 11.8 Å². The zero-order chi connectivity index (χ0) is 22.1. The number of alkyl halides is 4. The fourth-order valence-corrected chi connectivity index (χ4v) is 3.06. The summed E-state index contributed by atoms with van der Waals surface area (Å²) in [6.07, 6.45) is -5.64. The molecule has 30 heavy (non-hydrogen) atoms. The molecule has 0 saturated carbocycles. The molecule has 2 amide bonds. The highest BCUT2D eigenvalue weighted by Crippen LogP contribution is 2.28. The molecule has 9 nitrogen and oxygen atoms in total. The summed E-state index contributed by atoms with van der Waals surface area (Å²) in [5.74, 6) is -0.787. The van der Waals surface area contributed by atoms with Gasteiger partial charge in [0.1, 0.15) is 24.0 Å². The molecule has 1 aliphatic rings. The summed E-state index contributed by atoms with van der Waals surface area (Å²) < 4.78 is 58.1. The molecule has 0 aliphatic carbocycles. The highest BCUT2D eigenvalue weighted by Gasteiger charge is 2.39. The highest BCUT2D eigenvalue weighted by molar-refractivity contribution is 5.86. The first kappa shape index (κ1) is 21.3. The number of halogens is 4. The smallest absolute Gasteiger partial charge is 0.433 e. The molecule has 3 rings (SSSR count). The van der Waals surface area contributed by atoms with E-state index in [1.54, 1.807) is 0 Å². The average molecular weight is 430 g/mol. The van der Waals surface area contributed by atoms with Gasteiger partial charge in [-0.25, -0.2) is 14.1 Å². The summed E-state index contributed by atoms with van der Waals surface area (Å²) in [7, 11) is 1.30. The molecule has 0 spiro atoms. The van der Waals surface area contributed by atoms with Crippen molar-refractivity contribution in [3.05, 3.63) is 35.8 Å². The van der Waals surface area contributed by atoms with Crippen LogP contribution in [0.2, 0.25) is 0 Å². The molecule has 1 fully saturated rings. The number of methoxy groups -OCH3 is 1. The van der Waals surface area contributed by atoms with Gasteiger partial charge in [0.05, 0.1) is 24.6 Å². The molecule has 0 aromatic carbocycles. The van der Waals surface area contributed by atoms with Gasteiger partial charge in [0.25, 0.3) is 0 Å². The van der Waals surface area contributed by atoms with Gasteiger partial charge in [0, 0.05) is 19.3 Å². The molecular weight excluding hydrogens is 414 g/mol. The third kappa shape index (κ3) is 4.28. The average Bonchev–Trinajstić information content (AvgIpc) is 3.29. The molecular formula is C17H16F4N5O4-. The van der Waals surface area contributed by atoms with E-state index in [1.807, 2.05) is 0 Å². The Bertz CT molecular complexity index is 931. The Morgan fingerprint density at radius 3 is 2.67 bits per heavy atom. The first-order chi connectivity index (χ1) is 14.1. The van der Waals surface area contributed by atoms with Gasteiger partial charge < -0.3 is 24.9 Å². The summed E-state index contributed by atoms with van der Waals surface area (Å²) >= 11 is 0. The second-order valence-electron chi connectivity index (χ2n) is 6.43. The number of rotatable bonds is 5. The molecule has 2 aromatic rings. The second-order valence-corrected chi connectivity index (χ2v) is 6.43. The van der Waals surface area contributed by atoms with E-state index < -0.39 is 36.1 Å². The molecule has 2 atom stereocenters. The topological polar surface area (TPSA) is 112 Å². The van der Waals surface area contributed by atoms with Crippen LogP contribution in [-0.2, 0) is 17.5 Å². The predicted octanol–water partition coefficient (Wildman–Crippen LogP) is 0.667. The van der Waals surface area contributed by atoms with E-state index >= 15 is 0 Å². The number of aromatic nitrogens is 3. The molecule has 1 aliphatic heterocycles. The summed E-state index contributed by atoms with van der Waals surface area (Å²) in [4.78, 5) is 27.3. The molecule has 13 heteroatoms. The maximum Gasteiger partial charge on any atom is 0.433 e. The van der Waals surface area contributed by atoms with E-state index in [0.29, 0.717) is 10.5 Å². The van der Waals surface area contributed by atoms with Crippen LogP contribution in [-0.4, -0.2) is 57.5 Å². The van der Waals surface area contributed by atoms with Gasteiger partial charge in [-0.1, -0.05) is 0 Å². The summed E-state index contributed by atoms with van der Waals surface area (Å²) in [5, 5.41) is 17.5. The summed E-state index contributed by atoms with van der Waals surface area (Å²) in [5.41, 5.74) is -0.520. The Hall–Kier alpha value is -3.38. The van der Waals surface area contributed by atoms with E-state index in [1.165, 1.54) is 18.0 Å². The minimum absolute atomic E-state index is 0.0650. The largest absolute Gasteiger partial charge is 0.530 e. The Kier molecular flexibility index (Phi) is 5.80. The molecule has 0 bridgehead atoms. The van der Waals surface area contributed by atoms with Gasteiger partial charge in [-0.3, -0.25) is 4.79 Å². The van der Waals surface area contributed by atoms with Crippen molar-refractivity contribution in [2.24, 2.45) is 0 Å². The third-order valence-electron chi connectivity index (χ3n) is 4.53. The summed E-state index contributed by atoms with van der Waals surface area (Å²) in [6, 6.07) is 0.436. The van der Waals surface area contributed by atoms with Crippen molar-refractivity contribution in [1.29, 1.82) is 0 Å². The lowest BCUT2D eigenvalue weighted by molar-refractivity contribution is -0.266. The van der Waals surface area contributed by atoms with Crippen LogP contribution in [0.3, 0.4) is 0 Å². The summed E-state index contributed by atoms with van der Waals surface area (Å²) in [6.45, 7) is -0.329. The van der Waals surface area contributed by atoms with Gasteiger partial charge in [-0.15, -0.1) is 5.10 Å². The number of nitrogens with one attached hydrogen (secondary N) is 1. The fourth-order valence-electron chi connectivity index (χ4n) is 3.06. The van der Waals surface area contributed by atoms with Gasteiger partial charge in [0.15, 0.2) is 0 Å². The number of nitrogens with zero attached hydrogens (tertiary/aromatic N) is 4. The number of carboxylic acid groups (broad SMARTS) is 1. The lowest BCUT2D eigenvalue weighted by Crippen LogP contribution is -2.52. The lowest BCUT2D eigenvalue weighted by Gasteiger charge is -2.26. The van der Waals surface area contributed by atoms with E-state index in [9.17, 15) is 32.3 Å². The molecule has 162 valence electrons. The second kappa shape index (κ2) is 8.16. The Morgan fingerprint density at radius 1 is 1.37 bits per heavy atom. The van der Waals surface area contributed by atoms with Crippen molar-refractivity contribution in [1.82, 2.24) is 25.0 Å². The van der Waals surface area contributed by atoms with Crippen molar-refractivity contribution in [3.8, 4) is 11.6 Å². The number of hydrogen-bond donors (Lipinski definition) is 1. The molecule has 0 radical (unpaired) electrons. The van der Waals surface area contributed by atoms with Crippen LogP contribution in [0.5, 0.6) is 5.88 Å². The first-order valence-electron chi connectivity index (χ1n) is 8.67. The van der Waals surface area contributed by atoms with Crippen LogP contribution in [0.25, 0.3) is 5.69 Å². The van der Waals surface area contributed by atoms with E-state index in [-0.39, 0.29) is 31.1 Å². The predicted molar refractivity (Wildman–Crippen MR) is 90.2 cm³/mol. The number of amides is 2. The third-order valence-corrected chi connectivity index (χ3v) is 4.53. The maximum absolute atomic E-state index is 13.9. The maximum atomic E-state index is 13.9. The molecule has 1 N–H and O–H groups in total. The van der Waals surface area contributed by atoms with Crippen LogP contribution in [0, 0.1) is 0 Å². The van der Waals surface area contributed by atoms with Crippen LogP contribution in [0.1, 0.15) is 17.7 Å². The first-order valence-corrected chi connectivity index (χ1v) is 8.67. The van der Waals surface area contributed by atoms with Gasteiger partial charge in [-0.2, -0.15) is 13.2 Å². The fraction of sp³-hybridized carbons (Fsp3) is 0.412. The quantitative estimate of drug-likeness (QED) is 0.698. The number of likely N-dealkylation sites (tertiary alicyclic amines) is 1. The van der Waals surface area contributed by atoms with Crippen molar-refractivity contribution >= 4 is 12.0 Å². The normalized spacial score (nSPS) is 19.0. The van der Waals surface area contributed by atoms with E-state index in [4.69, 9.17) is 4.74 Å². The Morgan fingerprint density at radius 2 is 2.10 bits per heavy atom. The van der Waals surface area contributed by atoms with Crippen LogP contribution >= 0.6 is 0 Å². The minimum atomic E-state index is -4.58. The van der Waals surface area contributed by atoms with Gasteiger partial charge in [-0.05, 0) is 18.6 Å². The van der Waals surface area contributed by atoms with Crippen LogP contribution < -0.4 is 15.2 Å². The van der Waals surface area contributed by atoms with E-state index in [2.05, 4.69) is 15.4 Å². The molecule has 2 aromatic heterocycles. The van der Waals surface area contributed by atoms with Crippen molar-refractivity contribution < 1.29 is 37.0 Å². The Balaban J connectivity index is 1.74. The van der Waals surface area contributed by atoms with E-state index in [0.717, 1.165) is 18.3 Å². The van der Waals surface area contributed by atoms with Crippen LogP contribution in [0.15, 0.2) is 24.5 Å². The number of hydrogen-bond acceptors (Lipinski definition) is 6. The van der Waals surface area contributed by atoms with Crippen LogP contribution in [0.4, 0.5) is 22.4 Å². The van der Waals surface area contributed by atoms with Crippen molar-refractivity contribution in [2.75, 3.05) is 13.7 Å². The number of pyridine rings is 1. The Labute approximate surface area is 167 Å². The minimum Gasteiger partial charge on any atom is -0.530 e. The molecule has 1 saturated heterocycles. The molecule has 3 heterocycles. The molecule has 0 unspecified atom stereocenters. The lowest BCUT2D eigenvalue weighted by atomic mass is 10.1. The standard InChI is InChI=1S/C17H17F4N5O4/c1-30-15-9(6-23-14(27)13-11(18)4-5-25(13)16(28)29)8-26(24-15)10-2-3-12(22-7-10)17(19,20)21/h2-3,7-8,11,13H,4-6H2,1H3,(H,23,27)(H,28,29)/p-1/t11-,13-/m0/s1. The van der Waals surface area contributed by atoms with Gasteiger partial charge >= 0.3 is 6.18 Å². The zero-order valence-electron chi connectivity index (χ0n) is 15.5.